The molecular formula is C16H19F3N4. The van der Waals surface area contributed by atoms with Crippen LogP contribution in [0.5, 0.6) is 0 Å². The molecule has 23 heavy (non-hydrogen) atoms. The molecule has 1 aromatic heterocycles. The molecule has 0 spiro atoms. The molecular weight excluding hydrogens is 305 g/mol. The standard InChI is InChI=1S/C16H19F3N4/c1-10(2)23-8-7-11(9-23)20-14-12-5-3-4-6-13(12)21-15(22-14)16(17,18)19/h3-6,10-11H,7-9H2,1-2H3,(H,20,21,22)/t11-/m1/s1. The number of nitrogens with one attached hydrogen (secondary N) is 1. The second-order valence-corrected chi connectivity index (χ2v) is 6.13. The number of fused-ring (bicyclic) bond motifs is 1. The molecule has 4 nitrogen and oxygen atoms in total. The van der Waals surface area contributed by atoms with E-state index in [2.05, 4.69) is 34.0 Å². The van der Waals surface area contributed by atoms with Crippen LogP contribution < -0.4 is 5.32 Å². The Morgan fingerprint density at radius 1 is 1.22 bits per heavy atom. The lowest BCUT2D eigenvalue weighted by atomic mass is 10.2. The van der Waals surface area contributed by atoms with Gasteiger partial charge in [0, 0.05) is 30.6 Å². The van der Waals surface area contributed by atoms with Crippen LogP contribution in [0.1, 0.15) is 26.1 Å². The van der Waals surface area contributed by atoms with Gasteiger partial charge in [0.1, 0.15) is 5.82 Å². The highest BCUT2D eigenvalue weighted by molar-refractivity contribution is 5.89. The molecule has 2 heterocycles. The van der Waals surface area contributed by atoms with Crippen LogP contribution in [0.4, 0.5) is 19.0 Å². The van der Waals surface area contributed by atoms with E-state index in [4.69, 9.17) is 0 Å². The summed E-state index contributed by atoms with van der Waals surface area (Å²) in [4.78, 5) is 9.68. The fraction of sp³-hybridized carbons (Fsp3) is 0.500. The summed E-state index contributed by atoms with van der Waals surface area (Å²) in [6.45, 7) is 5.97. The zero-order valence-electron chi connectivity index (χ0n) is 13.1. The van der Waals surface area contributed by atoms with Crippen LogP contribution in [0.25, 0.3) is 10.9 Å². The smallest absolute Gasteiger partial charge is 0.365 e. The highest BCUT2D eigenvalue weighted by Gasteiger charge is 2.36. The maximum Gasteiger partial charge on any atom is 0.451 e. The van der Waals surface area contributed by atoms with E-state index in [1.807, 2.05) is 0 Å². The van der Waals surface area contributed by atoms with Gasteiger partial charge in [0.05, 0.1) is 5.52 Å². The quantitative estimate of drug-likeness (QED) is 0.937. The normalized spacial score (nSPS) is 19.7. The number of benzene rings is 1. The zero-order chi connectivity index (χ0) is 16.6. The molecule has 0 amide bonds. The Morgan fingerprint density at radius 3 is 2.61 bits per heavy atom. The monoisotopic (exact) mass is 324 g/mol. The Labute approximate surface area is 132 Å². The molecule has 1 N–H and O–H groups in total. The third-order valence-electron chi connectivity index (χ3n) is 4.15. The SMILES string of the molecule is CC(C)N1CC[C@@H](Nc2nc(C(F)(F)F)nc3ccccc23)C1. The summed E-state index contributed by atoms with van der Waals surface area (Å²) in [5.74, 6) is -0.837. The number of para-hydroxylation sites is 1. The fourth-order valence-corrected chi connectivity index (χ4v) is 2.88. The van der Waals surface area contributed by atoms with Gasteiger partial charge < -0.3 is 5.32 Å². The van der Waals surface area contributed by atoms with Crippen molar-refractivity contribution in [2.75, 3.05) is 18.4 Å². The summed E-state index contributed by atoms with van der Waals surface area (Å²) >= 11 is 0. The minimum Gasteiger partial charge on any atom is -0.365 e. The summed E-state index contributed by atoms with van der Waals surface area (Å²) in [7, 11) is 0. The van der Waals surface area contributed by atoms with E-state index in [0.717, 1.165) is 19.5 Å². The molecule has 1 aromatic carbocycles. The first-order chi connectivity index (χ1) is 10.8. The van der Waals surface area contributed by atoms with E-state index >= 15 is 0 Å². The minimum absolute atomic E-state index is 0.0942. The average Bonchev–Trinajstić information content (AvgIpc) is 2.95. The molecule has 0 aliphatic carbocycles. The van der Waals surface area contributed by atoms with Crippen LogP contribution in [0, 0.1) is 0 Å². The van der Waals surface area contributed by atoms with Gasteiger partial charge >= 0.3 is 6.18 Å². The van der Waals surface area contributed by atoms with E-state index in [1.54, 1.807) is 24.3 Å². The second-order valence-electron chi connectivity index (χ2n) is 6.13. The van der Waals surface area contributed by atoms with E-state index in [9.17, 15) is 13.2 Å². The van der Waals surface area contributed by atoms with E-state index in [0.29, 0.717) is 16.9 Å². The van der Waals surface area contributed by atoms with Crippen molar-refractivity contribution < 1.29 is 13.2 Å². The van der Waals surface area contributed by atoms with Crippen molar-refractivity contribution >= 4 is 16.7 Å². The van der Waals surface area contributed by atoms with Gasteiger partial charge in [-0.3, -0.25) is 4.90 Å². The van der Waals surface area contributed by atoms with Crippen molar-refractivity contribution in [1.29, 1.82) is 0 Å². The van der Waals surface area contributed by atoms with Gasteiger partial charge in [-0.25, -0.2) is 9.97 Å². The predicted molar refractivity (Wildman–Crippen MR) is 83.3 cm³/mol. The Kier molecular flexibility index (Phi) is 4.14. The first-order valence-corrected chi connectivity index (χ1v) is 7.69. The van der Waals surface area contributed by atoms with Gasteiger partial charge in [-0.2, -0.15) is 13.2 Å². The molecule has 1 atom stereocenters. The Bertz CT molecular complexity index is 699. The Morgan fingerprint density at radius 2 is 1.96 bits per heavy atom. The number of likely N-dealkylation sites (tertiary alicyclic amines) is 1. The van der Waals surface area contributed by atoms with Crippen LogP contribution >= 0.6 is 0 Å². The van der Waals surface area contributed by atoms with Crippen molar-refractivity contribution in [3.63, 3.8) is 0 Å². The van der Waals surface area contributed by atoms with Crippen LogP contribution in [-0.4, -0.2) is 40.0 Å². The van der Waals surface area contributed by atoms with Crippen LogP contribution in [0.3, 0.4) is 0 Å². The van der Waals surface area contributed by atoms with Crippen molar-refractivity contribution in [1.82, 2.24) is 14.9 Å². The summed E-state index contributed by atoms with van der Waals surface area (Å²) in [5.41, 5.74) is 0.302. The molecule has 0 bridgehead atoms. The zero-order valence-corrected chi connectivity index (χ0v) is 13.1. The Balaban J connectivity index is 1.93. The van der Waals surface area contributed by atoms with E-state index < -0.39 is 12.0 Å². The third kappa shape index (κ3) is 3.39. The number of halogens is 3. The van der Waals surface area contributed by atoms with Crippen LogP contribution in [0.15, 0.2) is 24.3 Å². The van der Waals surface area contributed by atoms with Crippen LogP contribution in [0.2, 0.25) is 0 Å². The van der Waals surface area contributed by atoms with Gasteiger partial charge in [0.25, 0.3) is 0 Å². The lowest BCUT2D eigenvalue weighted by Crippen LogP contribution is -2.31. The molecule has 1 saturated heterocycles. The molecule has 0 unspecified atom stereocenters. The Hall–Kier alpha value is -1.89. The summed E-state index contributed by atoms with van der Waals surface area (Å²) < 4.78 is 39.0. The predicted octanol–water partition coefficient (Wildman–Crippen LogP) is 3.54. The molecule has 0 radical (unpaired) electrons. The maximum absolute atomic E-state index is 13.0. The number of rotatable bonds is 3. The topological polar surface area (TPSA) is 41.0 Å². The van der Waals surface area contributed by atoms with Gasteiger partial charge in [-0.1, -0.05) is 12.1 Å². The van der Waals surface area contributed by atoms with Gasteiger partial charge in [0.15, 0.2) is 0 Å². The first kappa shape index (κ1) is 16.0. The summed E-state index contributed by atoms with van der Waals surface area (Å²) in [5, 5.41) is 3.80. The number of anilines is 1. The van der Waals surface area contributed by atoms with Crippen LogP contribution in [-0.2, 0) is 6.18 Å². The molecule has 3 rings (SSSR count). The summed E-state index contributed by atoms with van der Waals surface area (Å²) in [6, 6.07) is 7.29. The molecule has 2 aromatic rings. The lowest BCUT2D eigenvalue weighted by Gasteiger charge is -2.21. The third-order valence-corrected chi connectivity index (χ3v) is 4.15. The molecule has 1 aliphatic heterocycles. The number of hydrogen-bond acceptors (Lipinski definition) is 4. The van der Waals surface area contributed by atoms with Crippen molar-refractivity contribution in [3.8, 4) is 0 Å². The largest absolute Gasteiger partial charge is 0.451 e. The number of aromatic nitrogens is 2. The van der Waals surface area contributed by atoms with Gasteiger partial charge in [0.2, 0.25) is 5.82 Å². The lowest BCUT2D eigenvalue weighted by molar-refractivity contribution is -0.144. The highest BCUT2D eigenvalue weighted by atomic mass is 19.4. The summed E-state index contributed by atoms with van der Waals surface area (Å²) in [6.07, 6.45) is -3.67. The van der Waals surface area contributed by atoms with E-state index in [1.165, 1.54) is 0 Å². The molecule has 0 saturated carbocycles. The fourth-order valence-electron chi connectivity index (χ4n) is 2.88. The minimum atomic E-state index is -4.56. The van der Waals surface area contributed by atoms with Crippen molar-refractivity contribution in [3.05, 3.63) is 30.1 Å². The van der Waals surface area contributed by atoms with Gasteiger partial charge in [-0.05, 0) is 32.4 Å². The average molecular weight is 324 g/mol. The maximum atomic E-state index is 13.0. The van der Waals surface area contributed by atoms with E-state index in [-0.39, 0.29) is 11.9 Å². The molecule has 124 valence electrons. The molecule has 7 heteroatoms. The number of nitrogens with zero attached hydrogens (tertiary/aromatic N) is 3. The molecule has 1 aliphatic rings. The van der Waals surface area contributed by atoms with Crippen molar-refractivity contribution in [2.45, 2.75) is 38.5 Å². The highest BCUT2D eigenvalue weighted by Crippen LogP contribution is 2.31. The first-order valence-electron chi connectivity index (χ1n) is 7.69. The van der Waals surface area contributed by atoms with Crippen molar-refractivity contribution in [2.24, 2.45) is 0 Å². The van der Waals surface area contributed by atoms with Gasteiger partial charge in [-0.15, -0.1) is 0 Å². The molecule has 1 fully saturated rings. The number of hydrogen-bond donors (Lipinski definition) is 1. The number of alkyl halides is 3. The second kappa shape index (κ2) is 5.96.